The monoisotopic (exact) mass is 469 g/mol. The summed E-state index contributed by atoms with van der Waals surface area (Å²) in [7, 11) is 0. The number of aliphatic hydroxyl groups is 1. The zero-order chi connectivity index (χ0) is 23.7. The molecule has 0 amide bonds. The third-order valence-electron chi connectivity index (χ3n) is 5.20. The molecule has 0 atom stereocenters. The van der Waals surface area contributed by atoms with Crippen molar-refractivity contribution in [1.82, 2.24) is 19.5 Å². The van der Waals surface area contributed by atoms with Crippen molar-refractivity contribution in [1.29, 1.82) is 5.26 Å². The highest BCUT2D eigenvalue weighted by Crippen LogP contribution is 2.26. The molecule has 2 heterocycles. The van der Waals surface area contributed by atoms with Crippen molar-refractivity contribution in [3.63, 3.8) is 0 Å². The number of H-pyrrole nitrogens is 1. The van der Waals surface area contributed by atoms with Crippen LogP contribution in [-0.4, -0.2) is 30.4 Å². The van der Waals surface area contributed by atoms with Gasteiger partial charge in [-0.15, -0.1) is 0 Å². The normalized spacial score (nSPS) is 12.0. The highest BCUT2D eigenvalue weighted by atomic mass is 32.2. The van der Waals surface area contributed by atoms with Crippen LogP contribution in [0.25, 0.3) is 33.2 Å². The Hall–Kier alpha value is -4.42. The Morgan fingerprint density at radius 3 is 2.50 bits per heavy atom. The maximum absolute atomic E-state index is 14.6. The van der Waals surface area contributed by atoms with Crippen molar-refractivity contribution >= 4 is 39.3 Å². The molecule has 34 heavy (non-hydrogen) atoms. The first-order valence-corrected chi connectivity index (χ1v) is 11.2. The number of benzene rings is 3. The summed E-state index contributed by atoms with van der Waals surface area (Å²) >= 11 is 1.02. The first-order chi connectivity index (χ1) is 16.6. The van der Waals surface area contributed by atoms with E-state index in [0.29, 0.717) is 16.4 Å². The second-order valence-corrected chi connectivity index (χ2v) is 8.27. The summed E-state index contributed by atoms with van der Waals surface area (Å²) < 4.78 is 15.8. The molecule has 2 aromatic heterocycles. The number of aliphatic hydroxyl groups excluding tert-OH is 1. The van der Waals surface area contributed by atoms with Crippen LogP contribution in [0, 0.1) is 17.1 Å². The molecule has 2 N–H and O–H groups in total. The molecular formula is C25H16FN5O2S. The van der Waals surface area contributed by atoms with Gasteiger partial charge in [0.1, 0.15) is 23.2 Å². The van der Waals surface area contributed by atoms with Gasteiger partial charge in [0, 0.05) is 0 Å². The number of aromatic nitrogens is 4. The van der Waals surface area contributed by atoms with Crippen molar-refractivity contribution in [2.45, 2.75) is 5.16 Å². The first kappa shape index (κ1) is 21.4. The lowest BCUT2D eigenvalue weighted by atomic mass is 10.2. The third kappa shape index (κ3) is 3.80. The van der Waals surface area contributed by atoms with Crippen LogP contribution in [0.4, 0.5) is 4.39 Å². The molecule has 9 heteroatoms. The van der Waals surface area contributed by atoms with E-state index in [2.05, 4.69) is 15.0 Å². The van der Waals surface area contributed by atoms with Gasteiger partial charge < -0.3 is 10.1 Å². The van der Waals surface area contributed by atoms with Crippen molar-refractivity contribution in [2.75, 3.05) is 5.75 Å². The topological polar surface area (TPSA) is 108 Å². The van der Waals surface area contributed by atoms with Crippen LogP contribution in [0.1, 0.15) is 5.82 Å². The maximum atomic E-state index is 14.6. The molecule has 0 aliphatic heterocycles. The predicted molar refractivity (Wildman–Crippen MR) is 129 cm³/mol. The van der Waals surface area contributed by atoms with Crippen LogP contribution in [0.3, 0.4) is 0 Å². The number of allylic oxidation sites excluding steroid dienone is 1. The Balaban J connectivity index is 1.58. The number of hydrogen-bond acceptors (Lipinski definition) is 6. The van der Waals surface area contributed by atoms with E-state index in [-0.39, 0.29) is 33.8 Å². The fourth-order valence-corrected chi connectivity index (χ4v) is 4.47. The van der Waals surface area contributed by atoms with Crippen molar-refractivity contribution in [3.05, 3.63) is 101 Å². The number of para-hydroxylation sites is 4. The van der Waals surface area contributed by atoms with Gasteiger partial charge in [-0.2, -0.15) is 5.26 Å². The summed E-state index contributed by atoms with van der Waals surface area (Å²) in [6, 6.07) is 22.0. The predicted octanol–water partition coefficient (Wildman–Crippen LogP) is 4.99. The van der Waals surface area contributed by atoms with Crippen LogP contribution < -0.4 is 5.56 Å². The molecule has 3 aromatic carbocycles. The molecular weight excluding hydrogens is 453 g/mol. The Labute approximate surface area is 196 Å². The molecule has 0 unspecified atom stereocenters. The van der Waals surface area contributed by atoms with E-state index in [9.17, 15) is 19.6 Å². The summed E-state index contributed by atoms with van der Waals surface area (Å²) in [5.74, 6) is -0.670. The molecule has 166 valence electrons. The number of halogens is 1. The Morgan fingerprint density at radius 2 is 1.74 bits per heavy atom. The number of hydrogen-bond donors (Lipinski definition) is 2. The highest BCUT2D eigenvalue weighted by molar-refractivity contribution is 7.99. The second-order valence-electron chi connectivity index (χ2n) is 7.33. The van der Waals surface area contributed by atoms with E-state index in [1.54, 1.807) is 36.4 Å². The number of nitriles is 1. The Bertz CT molecular complexity index is 1650. The molecule has 0 bridgehead atoms. The van der Waals surface area contributed by atoms with Crippen LogP contribution in [0.5, 0.6) is 0 Å². The van der Waals surface area contributed by atoms with Crippen LogP contribution in [-0.2, 0) is 0 Å². The standard InChI is InChI=1S/C25H16FN5O2S/c26-17-8-2-6-12-21(17)31-24(33)15-7-1-3-9-18(15)30-25(31)34-14-22(32)16(13-27)23-28-19-10-4-5-11-20(19)29-23/h1-12,32H,14H2,(H,28,29). The molecule has 0 saturated carbocycles. The van der Waals surface area contributed by atoms with Gasteiger partial charge in [0.15, 0.2) is 11.0 Å². The summed E-state index contributed by atoms with van der Waals surface area (Å²) in [4.78, 5) is 25.2. The minimum atomic E-state index is -0.580. The quantitative estimate of drug-likeness (QED) is 0.163. The van der Waals surface area contributed by atoms with E-state index in [0.717, 1.165) is 17.3 Å². The molecule has 0 fully saturated rings. The van der Waals surface area contributed by atoms with Gasteiger partial charge in [0.05, 0.1) is 33.4 Å². The average molecular weight is 470 g/mol. The number of aromatic amines is 1. The minimum Gasteiger partial charge on any atom is -0.510 e. The Morgan fingerprint density at radius 1 is 1.03 bits per heavy atom. The van der Waals surface area contributed by atoms with E-state index < -0.39 is 11.4 Å². The summed E-state index contributed by atoms with van der Waals surface area (Å²) in [5.41, 5.74) is 1.44. The maximum Gasteiger partial charge on any atom is 0.266 e. The lowest BCUT2D eigenvalue weighted by Crippen LogP contribution is -2.22. The summed E-state index contributed by atoms with van der Waals surface area (Å²) in [6.45, 7) is 0. The molecule has 5 aromatic rings. The van der Waals surface area contributed by atoms with Gasteiger partial charge in [0.2, 0.25) is 0 Å². The second kappa shape index (κ2) is 8.84. The summed E-state index contributed by atoms with van der Waals surface area (Å²) in [6.07, 6.45) is 0. The van der Waals surface area contributed by atoms with Gasteiger partial charge in [-0.3, -0.25) is 9.36 Å². The molecule has 0 aliphatic rings. The zero-order valence-electron chi connectivity index (χ0n) is 17.6. The lowest BCUT2D eigenvalue weighted by Gasteiger charge is -2.14. The molecule has 7 nitrogen and oxygen atoms in total. The number of nitrogens with one attached hydrogen (secondary N) is 1. The largest absolute Gasteiger partial charge is 0.510 e. The Kier molecular flexibility index (Phi) is 5.57. The minimum absolute atomic E-state index is 0.0238. The van der Waals surface area contributed by atoms with E-state index in [1.165, 1.54) is 22.8 Å². The molecule has 0 radical (unpaired) electrons. The van der Waals surface area contributed by atoms with Crippen LogP contribution in [0.2, 0.25) is 0 Å². The smallest absolute Gasteiger partial charge is 0.266 e. The SMILES string of the molecule is N#CC(=C(O)CSc1nc2ccccc2c(=O)n1-c1ccccc1F)c1nc2ccccc2[nH]1. The van der Waals surface area contributed by atoms with Crippen molar-refractivity contribution in [2.24, 2.45) is 0 Å². The average Bonchev–Trinajstić information content (AvgIpc) is 3.28. The van der Waals surface area contributed by atoms with Crippen molar-refractivity contribution < 1.29 is 9.50 Å². The van der Waals surface area contributed by atoms with Gasteiger partial charge in [-0.1, -0.05) is 48.2 Å². The lowest BCUT2D eigenvalue weighted by molar-refractivity contribution is 0.420. The van der Waals surface area contributed by atoms with E-state index in [4.69, 9.17) is 0 Å². The fourth-order valence-electron chi connectivity index (χ4n) is 3.59. The fraction of sp³-hybridized carbons (Fsp3) is 0.0400. The number of imidazole rings is 1. The van der Waals surface area contributed by atoms with E-state index in [1.807, 2.05) is 24.3 Å². The number of nitrogens with zero attached hydrogens (tertiary/aromatic N) is 4. The third-order valence-corrected chi connectivity index (χ3v) is 6.15. The zero-order valence-corrected chi connectivity index (χ0v) is 18.4. The molecule has 0 spiro atoms. The van der Waals surface area contributed by atoms with Crippen LogP contribution in [0.15, 0.2) is 88.5 Å². The first-order valence-electron chi connectivity index (χ1n) is 10.2. The number of thioether (sulfide) groups is 1. The number of rotatable bonds is 5. The van der Waals surface area contributed by atoms with Crippen LogP contribution >= 0.6 is 11.8 Å². The van der Waals surface area contributed by atoms with Gasteiger partial charge >= 0.3 is 0 Å². The van der Waals surface area contributed by atoms with Crippen molar-refractivity contribution in [3.8, 4) is 11.8 Å². The van der Waals surface area contributed by atoms with Gasteiger partial charge in [0.25, 0.3) is 5.56 Å². The van der Waals surface area contributed by atoms with Gasteiger partial charge in [-0.25, -0.2) is 14.4 Å². The van der Waals surface area contributed by atoms with Gasteiger partial charge in [-0.05, 0) is 36.4 Å². The summed E-state index contributed by atoms with van der Waals surface area (Å²) in [5, 5.41) is 20.9. The highest BCUT2D eigenvalue weighted by Gasteiger charge is 2.18. The molecule has 0 saturated heterocycles. The van der Waals surface area contributed by atoms with E-state index >= 15 is 0 Å². The number of fused-ring (bicyclic) bond motifs is 2. The molecule has 5 rings (SSSR count). The molecule has 0 aliphatic carbocycles.